The summed E-state index contributed by atoms with van der Waals surface area (Å²) in [6.07, 6.45) is 9.96. The van der Waals surface area contributed by atoms with Gasteiger partial charge < -0.3 is 66.5 Å². The summed E-state index contributed by atoms with van der Waals surface area (Å²) in [6.45, 7) is 13.1. The number of carboxylic acid groups (broad SMARTS) is 2. The first-order chi connectivity index (χ1) is 48.2. The lowest BCUT2D eigenvalue weighted by Gasteiger charge is -2.69. The number of pyridine rings is 1. The van der Waals surface area contributed by atoms with Crippen molar-refractivity contribution in [1.82, 2.24) is 55.7 Å². The number of primary amides is 1. The first-order valence-corrected chi connectivity index (χ1v) is 35.0. The standard InChI is InChI=1S/C71H87N15O14S/c1-42(2)58(79-54(87)24-30-98-31-29-85-55(88)21-22-56(85)89)63(93)76-51(13-9-25-73-65(72)96)62(92)75-46-17-15-45(16-18-46)34-99-67(97)83(27-23-57(90)91)28-32-100-71-38-68(5)35-69(6,39-71)37-70(36-68,40-71)41-86-44(4)49(33-74-86)48-19-20-53(78-59(48)64(94)95)84-26-10-11-47-43(3)60(81-82-61(47)84)80-66-77-50-12-7-8-14-52(50)101-66/h7-8,12,14-22,33,42,51,58H,9-11,13,23-32,34-41H2,1-6H3,(H,75,92)(H,76,93)(H,79,87)(H,90,91)(H,94,95)(H3,72,73,96)(H,77,80,81)/t51-,58-,68+,69?,70?,71?/m0/s1. The number of anilines is 5. The van der Waals surface area contributed by atoms with Crippen LogP contribution in [-0.2, 0) is 62.6 Å². The second-order valence-electron chi connectivity index (χ2n) is 28.4. The van der Waals surface area contributed by atoms with Crippen LogP contribution in [0.3, 0.4) is 0 Å². The number of amides is 8. The van der Waals surface area contributed by atoms with Crippen molar-refractivity contribution in [2.24, 2.45) is 27.9 Å². The fraction of sp³-hybridized carbons (Fsp3) is 0.493. The zero-order valence-corrected chi connectivity index (χ0v) is 58.4. The highest BCUT2D eigenvalue weighted by Gasteiger charge is 2.66. The van der Waals surface area contributed by atoms with E-state index in [1.165, 1.54) is 16.2 Å². The SMILES string of the molecule is Cc1c(Nc2nc3ccccc3s2)nnc2c1CCCN2c1ccc(-c2cnn(CC34CC5(C)CC(OCCN(CCC(=O)O)C(=O)OCc6ccc(NC(=O)[C@H](CCCNC(N)=O)NC(=O)[C@@H](NC(=O)CCOCCN7C(=O)C=CC7=O)C(C)C)cc6)(C3)C[C@](C)(C5)C4)c2C)c(C(=O)O)n1. The number of aromatic nitrogens is 6. The van der Waals surface area contributed by atoms with E-state index < -0.39 is 77.2 Å². The van der Waals surface area contributed by atoms with Gasteiger partial charge in [0.2, 0.25) is 17.7 Å². The number of carbonyl (C=O) groups is 9. The van der Waals surface area contributed by atoms with Gasteiger partial charge in [0, 0.05) is 84.9 Å². The fourth-order valence-corrected chi connectivity index (χ4v) is 17.1. The Labute approximate surface area is 587 Å². The molecular formula is C71H87N15O14S. The summed E-state index contributed by atoms with van der Waals surface area (Å²) in [5.74, 6) is -3.62. The number of carbonyl (C=O) groups excluding carboxylic acids is 7. The van der Waals surface area contributed by atoms with E-state index in [-0.39, 0.29) is 100 Å². The average Bonchev–Trinajstić information content (AvgIpc) is 0.793. The first kappa shape index (κ1) is 72.3. The number of nitrogens with zero attached hydrogens (tertiary/aromatic N) is 9. The molecule has 4 aliphatic carbocycles. The van der Waals surface area contributed by atoms with Crippen LogP contribution < -0.4 is 37.2 Å². The van der Waals surface area contributed by atoms with E-state index in [0.29, 0.717) is 58.1 Å². The number of ether oxygens (including phenoxy) is 3. The van der Waals surface area contributed by atoms with Crippen molar-refractivity contribution in [1.29, 1.82) is 0 Å². The lowest BCUT2D eigenvalue weighted by molar-refractivity contribution is -0.248. The maximum absolute atomic E-state index is 13.9. The molecule has 30 heteroatoms. The number of fused-ring (bicyclic) bond motifs is 2. The van der Waals surface area contributed by atoms with Gasteiger partial charge in [-0.25, -0.2) is 24.4 Å². The second kappa shape index (κ2) is 30.5. The predicted molar refractivity (Wildman–Crippen MR) is 373 cm³/mol. The Kier molecular flexibility index (Phi) is 21.8. The number of imide groups is 1. The monoisotopic (exact) mass is 1410 g/mol. The van der Waals surface area contributed by atoms with Crippen LogP contribution >= 0.6 is 11.3 Å². The molecule has 4 saturated carbocycles. The van der Waals surface area contributed by atoms with Gasteiger partial charge in [-0.1, -0.05) is 63.3 Å². The van der Waals surface area contributed by atoms with Crippen LogP contribution in [0.1, 0.15) is 131 Å². The second-order valence-corrected chi connectivity index (χ2v) is 29.4. The summed E-state index contributed by atoms with van der Waals surface area (Å²) >= 11 is 1.54. The van der Waals surface area contributed by atoms with E-state index >= 15 is 0 Å². The van der Waals surface area contributed by atoms with E-state index in [1.54, 1.807) is 50.4 Å². The molecule has 6 aromatic rings. The number of thiazole rings is 1. The van der Waals surface area contributed by atoms with E-state index in [1.807, 2.05) is 53.8 Å². The number of urea groups is 1. The molecule has 6 aliphatic rings. The number of carboxylic acids is 2. The highest BCUT2D eigenvalue weighted by atomic mass is 32.1. The molecule has 8 amide bonds. The van der Waals surface area contributed by atoms with Crippen molar-refractivity contribution in [3.63, 3.8) is 0 Å². The van der Waals surface area contributed by atoms with Crippen molar-refractivity contribution in [2.75, 3.05) is 68.1 Å². The number of benzene rings is 2. The molecule has 101 heavy (non-hydrogen) atoms. The number of aromatic carboxylic acids is 1. The van der Waals surface area contributed by atoms with Gasteiger partial charge in [0.25, 0.3) is 11.8 Å². The third-order valence-electron chi connectivity index (χ3n) is 19.7. The number of para-hydroxylation sites is 1. The quantitative estimate of drug-likeness (QED) is 0.0146. The minimum Gasteiger partial charge on any atom is -0.481 e. The molecule has 4 bridgehead atoms. The van der Waals surface area contributed by atoms with Crippen molar-refractivity contribution in [3.05, 3.63) is 107 Å². The zero-order valence-electron chi connectivity index (χ0n) is 57.6. The number of nitrogens with one attached hydrogen (secondary N) is 5. The Hall–Kier alpha value is -9.94. The molecule has 2 aliphatic heterocycles. The largest absolute Gasteiger partial charge is 0.481 e. The summed E-state index contributed by atoms with van der Waals surface area (Å²) in [5.41, 5.74) is 9.85. The number of aliphatic carboxylic acids is 1. The van der Waals surface area contributed by atoms with E-state index in [2.05, 4.69) is 50.6 Å². The van der Waals surface area contributed by atoms with Crippen molar-refractivity contribution in [2.45, 2.75) is 149 Å². The zero-order chi connectivity index (χ0) is 72.0. The molecule has 0 spiro atoms. The minimum atomic E-state index is -1.17. The van der Waals surface area contributed by atoms with Gasteiger partial charge in [0.05, 0.1) is 54.8 Å². The van der Waals surface area contributed by atoms with Crippen LogP contribution in [0.25, 0.3) is 21.3 Å². The summed E-state index contributed by atoms with van der Waals surface area (Å²) in [7, 11) is 0. The van der Waals surface area contributed by atoms with Gasteiger partial charge in [-0.3, -0.25) is 38.3 Å². The molecule has 2 aromatic carbocycles. The molecular weight excluding hydrogens is 1320 g/mol. The molecule has 6 heterocycles. The summed E-state index contributed by atoms with van der Waals surface area (Å²) < 4.78 is 21.3. The van der Waals surface area contributed by atoms with E-state index in [9.17, 15) is 53.4 Å². The molecule has 9 N–H and O–H groups in total. The van der Waals surface area contributed by atoms with Crippen LogP contribution in [0, 0.1) is 36.0 Å². The number of hydrogen-bond donors (Lipinski definition) is 8. The van der Waals surface area contributed by atoms with Crippen LogP contribution in [-0.4, -0.2) is 174 Å². The third-order valence-corrected chi connectivity index (χ3v) is 20.7. The van der Waals surface area contributed by atoms with Gasteiger partial charge >= 0.3 is 24.1 Å². The lowest BCUT2D eigenvalue weighted by Crippen LogP contribution is -2.64. The normalized spacial score (nSPS) is 20.9. The smallest absolute Gasteiger partial charge is 0.410 e. The molecule has 6 atom stereocenters. The highest BCUT2D eigenvalue weighted by Crippen LogP contribution is 2.72. The van der Waals surface area contributed by atoms with E-state index in [0.717, 1.165) is 95.5 Å². The van der Waals surface area contributed by atoms with Crippen LogP contribution in [0.2, 0.25) is 0 Å². The maximum Gasteiger partial charge on any atom is 0.410 e. The van der Waals surface area contributed by atoms with Crippen molar-refractivity contribution < 1.29 is 67.6 Å². The lowest BCUT2D eigenvalue weighted by atomic mass is 9.39. The highest BCUT2D eigenvalue weighted by molar-refractivity contribution is 7.22. The first-order valence-electron chi connectivity index (χ1n) is 34.1. The molecule has 0 radical (unpaired) electrons. The average molecular weight is 1410 g/mol. The summed E-state index contributed by atoms with van der Waals surface area (Å²) in [6, 6.07) is 15.1. The molecule has 12 rings (SSSR count). The Morgan fingerprint density at radius 3 is 2.26 bits per heavy atom. The summed E-state index contributed by atoms with van der Waals surface area (Å²) in [4.78, 5) is 128. The maximum atomic E-state index is 13.9. The molecule has 4 aromatic heterocycles. The molecule has 4 fully saturated rings. The number of rotatable bonds is 32. The Bertz CT molecular complexity index is 4130. The molecule has 0 saturated heterocycles. The molecule has 29 nitrogen and oxygen atoms in total. The molecule has 3 unspecified atom stereocenters. The van der Waals surface area contributed by atoms with Gasteiger partial charge in [-0.15, -0.1) is 10.2 Å². The Morgan fingerprint density at radius 2 is 1.55 bits per heavy atom. The fourth-order valence-electron chi connectivity index (χ4n) is 16.2. The number of nitrogens with two attached hydrogens (primary N) is 1. The van der Waals surface area contributed by atoms with Crippen LogP contribution in [0.15, 0.2) is 79.0 Å². The third kappa shape index (κ3) is 17.1. The van der Waals surface area contributed by atoms with Gasteiger partial charge in [-0.2, -0.15) is 5.10 Å². The van der Waals surface area contributed by atoms with Crippen LogP contribution in [0.5, 0.6) is 0 Å². The van der Waals surface area contributed by atoms with E-state index in [4.69, 9.17) is 35.0 Å². The van der Waals surface area contributed by atoms with Crippen molar-refractivity contribution >= 4 is 103 Å². The van der Waals surface area contributed by atoms with Gasteiger partial charge in [-0.05, 0) is 142 Å². The topological polar surface area (TPSA) is 387 Å². The van der Waals surface area contributed by atoms with Crippen molar-refractivity contribution in [3.8, 4) is 11.1 Å². The van der Waals surface area contributed by atoms with Crippen LogP contribution in [0.4, 0.5) is 37.9 Å². The predicted octanol–water partition coefficient (Wildman–Crippen LogP) is 8.08. The summed E-state index contributed by atoms with van der Waals surface area (Å²) in [5, 5.41) is 49.5. The Morgan fingerprint density at radius 1 is 0.812 bits per heavy atom. The molecule has 536 valence electrons. The van der Waals surface area contributed by atoms with Gasteiger partial charge in [0.15, 0.2) is 22.5 Å². The van der Waals surface area contributed by atoms with Gasteiger partial charge in [0.1, 0.15) is 24.5 Å². The Balaban J connectivity index is 0.695. The number of hydrogen-bond acceptors (Lipinski definition) is 20. The minimum absolute atomic E-state index is 0.00933.